The summed E-state index contributed by atoms with van der Waals surface area (Å²) < 4.78 is 29.1. The molecule has 1 atom stereocenters. The Hall–Kier alpha value is -3.80. The standard InChI is InChI=1S/C30H29ClFN3O4/c1-3-4-14-35-22(9-11-28(36)37)18-33-27(35)19-34-15-12-20(13-16-34)23-6-5-7-26-29(23)39-30(2,38-26)24-10-8-21(31)17-25(24)32/h5-11,17-18,20H,12-16,19H2,1-2H3,(H,36,37)/b11-9+. The van der Waals surface area contributed by atoms with Gasteiger partial charge in [-0.15, -0.1) is 5.92 Å². The smallest absolute Gasteiger partial charge is 0.328 e. The number of likely N-dealkylation sites (tertiary alicyclic amines) is 1. The third-order valence-electron chi connectivity index (χ3n) is 7.20. The van der Waals surface area contributed by atoms with Gasteiger partial charge in [-0.25, -0.2) is 14.2 Å². The van der Waals surface area contributed by atoms with Crippen LogP contribution in [0.15, 0.2) is 48.7 Å². The Morgan fingerprint density at radius 2 is 2.08 bits per heavy atom. The number of fused-ring (bicyclic) bond motifs is 1. The van der Waals surface area contributed by atoms with Crippen LogP contribution in [0, 0.1) is 17.7 Å². The van der Waals surface area contributed by atoms with Gasteiger partial charge >= 0.3 is 5.97 Å². The molecule has 0 radical (unpaired) electrons. The molecular weight excluding hydrogens is 521 g/mol. The van der Waals surface area contributed by atoms with Gasteiger partial charge in [-0.3, -0.25) is 4.90 Å². The summed E-state index contributed by atoms with van der Waals surface area (Å²) in [4.78, 5) is 17.9. The first kappa shape index (κ1) is 26.8. The molecule has 39 heavy (non-hydrogen) atoms. The number of piperidine rings is 1. The van der Waals surface area contributed by atoms with E-state index in [9.17, 15) is 9.18 Å². The van der Waals surface area contributed by atoms with Gasteiger partial charge in [-0.1, -0.05) is 29.7 Å². The molecule has 7 nitrogen and oxygen atoms in total. The lowest BCUT2D eigenvalue weighted by atomic mass is 9.88. The topological polar surface area (TPSA) is 76.8 Å². The van der Waals surface area contributed by atoms with Crippen molar-refractivity contribution >= 4 is 23.6 Å². The summed E-state index contributed by atoms with van der Waals surface area (Å²) in [6.07, 6.45) is 6.16. The highest BCUT2D eigenvalue weighted by atomic mass is 35.5. The Kier molecular flexibility index (Phi) is 7.65. The highest BCUT2D eigenvalue weighted by Crippen LogP contribution is 2.49. The normalized spacial score (nSPS) is 19.3. The number of carbonyl (C=O) groups is 1. The molecule has 2 aliphatic heterocycles. The van der Waals surface area contributed by atoms with Crippen LogP contribution in [0.4, 0.5) is 4.39 Å². The first-order chi connectivity index (χ1) is 18.8. The molecule has 9 heteroatoms. The number of aromatic nitrogens is 2. The number of nitrogens with zero attached hydrogens (tertiary/aromatic N) is 3. The quantitative estimate of drug-likeness (QED) is 0.295. The van der Waals surface area contributed by atoms with Crippen molar-refractivity contribution in [1.29, 1.82) is 0 Å². The summed E-state index contributed by atoms with van der Waals surface area (Å²) >= 11 is 5.94. The molecule has 0 spiro atoms. The van der Waals surface area contributed by atoms with Crippen LogP contribution >= 0.6 is 11.6 Å². The maximum Gasteiger partial charge on any atom is 0.328 e. The van der Waals surface area contributed by atoms with Crippen LogP contribution in [0.1, 0.15) is 55.3 Å². The maximum absolute atomic E-state index is 14.7. The van der Waals surface area contributed by atoms with Crippen LogP contribution in [0.25, 0.3) is 6.08 Å². The van der Waals surface area contributed by atoms with Crippen LogP contribution in [0.2, 0.25) is 5.02 Å². The lowest BCUT2D eigenvalue weighted by Crippen LogP contribution is -2.34. The minimum atomic E-state index is -1.28. The number of carboxylic acid groups (broad SMARTS) is 1. The molecule has 202 valence electrons. The van der Waals surface area contributed by atoms with E-state index in [4.69, 9.17) is 26.2 Å². The molecule has 3 heterocycles. The molecule has 2 aliphatic rings. The Labute approximate surface area is 231 Å². The molecule has 0 saturated carbocycles. The zero-order chi connectivity index (χ0) is 27.6. The molecule has 0 aliphatic carbocycles. The molecule has 0 bridgehead atoms. The van der Waals surface area contributed by atoms with Crippen molar-refractivity contribution in [1.82, 2.24) is 14.5 Å². The number of hydrogen-bond donors (Lipinski definition) is 1. The van der Waals surface area contributed by atoms with Crippen LogP contribution in [-0.2, 0) is 23.7 Å². The highest BCUT2D eigenvalue weighted by Gasteiger charge is 2.42. The first-order valence-corrected chi connectivity index (χ1v) is 13.2. The number of rotatable bonds is 7. The van der Waals surface area contributed by atoms with E-state index >= 15 is 0 Å². The monoisotopic (exact) mass is 549 g/mol. The van der Waals surface area contributed by atoms with E-state index in [-0.39, 0.29) is 5.92 Å². The van der Waals surface area contributed by atoms with E-state index < -0.39 is 17.6 Å². The second kappa shape index (κ2) is 11.1. The van der Waals surface area contributed by atoms with Gasteiger partial charge in [0.1, 0.15) is 11.6 Å². The van der Waals surface area contributed by atoms with Crippen molar-refractivity contribution in [3.05, 3.63) is 82.2 Å². The van der Waals surface area contributed by atoms with Gasteiger partial charge in [0.2, 0.25) is 0 Å². The van der Waals surface area contributed by atoms with E-state index in [1.54, 1.807) is 38.3 Å². The van der Waals surface area contributed by atoms with Crippen molar-refractivity contribution in [3.8, 4) is 23.3 Å². The van der Waals surface area contributed by atoms with Gasteiger partial charge in [-0.05, 0) is 69.1 Å². The molecule has 0 amide bonds. The lowest BCUT2D eigenvalue weighted by Gasteiger charge is -2.32. The average molecular weight is 550 g/mol. The Bertz CT molecular complexity index is 1480. The lowest BCUT2D eigenvalue weighted by molar-refractivity contribution is -0.131. The molecule has 1 fully saturated rings. The van der Waals surface area contributed by atoms with Crippen molar-refractivity contribution in [2.45, 2.75) is 51.5 Å². The fraction of sp³-hybridized carbons (Fsp3) is 0.333. The van der Waals surface area contributed by atoms with Gasteiger partial charge < -0.3 is 19.1 Å². The Balaban J connectivity index is 1.28. The summed E-state index contributed by atoms with van der Waals surface area (Å²) in [5.74, 6) is 5.56. The molecular formula is C30H29ClFN3O4. The summed E-state index contributed by atoms with van der Waals surface area (Å²) in [5, 5.41) is 9.32. The van der Waals surface area contributed by atoms with Gasteiger partial charge in [0.25, 0.3) is 5.79 Å². The van der Waals surface area contributed by atoms with Crippen molar-refractivity contribution in [2.24, 2.45) is 0 Å². The van der Waals surface area contributed by atoms with Crippen LogP contribution in [0.3, 0.4) is 0 Å². The van der Waals surface area contributed by atoms with Crippen molar-refractivity contribution < 1.29 is 23.8 Å². The molecule has 2 aromatic carbocycles. The van der Waals surface area contributed by atoms with Crippen molar-refractivity contribution in [2.75, 3.05) is 13.1 Å². The van der Waals surface area contributed by atoms with Crippen LogP contribution < -0.4 is 9.47 Å². The minimum absolute atomic E-state index is 0.261. The fourth-order valence-corrected chi connectivity index (χ4v) is 5.38. The molecule has 1 N–H and O–H groups in total. The van der Waals surface area contributed by atoms with E-state index in [1.807, 2.05) is 16.7 Å². The maximum atomic E-state index is 14.7. The minimum Gasteiger partial charge on any atom is -0.478 e. The van der Waals surface area contributed by atoms with E-state index in [0.29, 0.717) is 40.9 Å². The highest BCUT2D eigenvalue weighted by molar-refractivity contribution is 6.30. The number of carboxylic acids is 1. The second-order valence-corrected chi connectivity index (χ2v) is 10.2. The van der Waals surface area contributed by atoms with E-state index in [2.05, 4.69) is 27.8 Å². The predicted octanol–water partition coefficient (Wildman–Crippen LogP) is 5.82. The van der Waals surface area contributed by atoms with Crippen LogP contribution in [-0.4, -0.2) is 38.6 Å². The Morgan fingerprint density at radius 1 is 1.28 bits per heavy atom. The molecule has 3 aromatic rings. The summed E-state index contributed by atoms with van der Waals surface area (Å²) in [5.41, 5.74) is 2.07. The number of halogens is 2. The first-order valence-electron chi connectivity index (χ1n) is 12.8. The molecule has 5 rings (SSSR count). The van der Waals surface area contributed by atoms with Gasteiger partial charge in [0.05, 0.1) is 30.5 Å². The number of ether oxygens (including phenoxy) is 2. The second-order valence-electron chi connectivity index (χ2n) is 9.78. The van der Waals surface area contributed by atoms with Crippen LogP contribution in [0.5, 0.6) is 11.5 Å². The fourth-order valence-electron chi connectivity index (χ4n) is 5.22. The number of hydrogen-bond acceptors (Lipinski definition) is 5. The summed E-state index contributed by atoms with van der Waals surface area (Å²) in [7, 11) is 0. The number of aliphatic carboxylic acids is 1. The SMILES string of the molecule is CC#CCn1c(/C=C/C(=O)O)cnc1CN1CCC(c2cccc3c2OC(C)(c2ccc(Cl)cc2F)O3)CC1. The van der Waals surface area contributed by atoms with Crippen molar-refractivity contribution in [3.63, 3.8) is 0 Å². The summed E-state index contributed by atoms with van der Waals surface area (Å²) in [6, 6.07) is 10.3. The largest absolute Gasteiger partial charge is 0.478 e. The van der Waals surface area contributed by atoms with Gasteiger partial charge in [0.15, 0.2) is 11.5 Å². The van der Waals surface area contributed by atoms with E-state index in [1.165, 1.54) is 6.07 Å². The molecule has 1 aromatic heterocycles. The molecule has 1 unspecified atom stereocenters. The number of para-hydroxylation sites is 1. The zero-order valence-electron chi connectivity index (χ0n) is 21.8. The summed E-state index contributed by atoms with van der Waals surface area (Å²) in [6.45, 7) is 6.28. The van der Waals surface area contributed by atoms with E-state index in [0.717, 1.165) is 43.4 Å². The third-order valence-corrected chi connectivity index (χ3v) is 7.44. The molecule has 1 saturated heterocycles. The zero-order valence-corrected chi connectivity index (χ0v) is 22.5. The third kappa shape index (κ3) is 5.65. The van der Waals surface area contributed by atoms with Gasteiger partial charge in [0, 0.05) is 23.6 Å². The number of imidazole rings is 1. The average Bonchev–Trinajstić information content (AvgIpc) is 3.46. The Morgan fingerprint density at radius 3 is 2.79 bits per heavy atom. The van der Waals surface area contributed by atoms with Gasteiger partial charge in [-0.2, -0.15) is 0 Å². The predicted molar refractivity (Wildman–Crippen MR) is 146 cm³/mol. The number of benzene rings is 2.